The molecule has 0 atom stereocenters. The SMILES string of the molecule is CC(C)CC(C)(C)CNCc1nccn1C. The van der Waals surface area contributed by atoms with Gasteiger partial charge in [-0.25, -0.2) is 4.98 Å². The maximum Gasteiger partial charge on any atom is 0.122 e. The molecule has 0 bridgehead atoms. The Labute approximate surface area is 99.3 Å². The average molecular weight is 223 g/mol. The molecular formula is C13H25N3. The van der Waals surface area contributed by atoms with E-state index in [1.165, 1.54) is 6.42 Å². The van der Waals surface area contributed by atoms with E-state index in [-0.39, 0.29) is 0 Å². The van der Waals surface area contributed by atoms with Gasteiger partial charge in [0.2, 0.25) is 0 Å². The Balaban J connectivity index is 2.32. The Morgan fingerprint density at radius 2 is 2.12 bits per heavy atom. The minimum absolute atomic E-state index is 0.360. The molecule has 0 amide bonds. The van der Waals surface area contributed by atoms with Crippen LogP contribution in [0, 0.1) is 11.3 Å². The summed E-state index contributed by atoms with van der Waals surface area (Å²) in [6.45, 7) is 11.1. The molecule has 0 spiro atoms. The van der Waals surface area contributed by atoms with Crippen LogP contribution in [0.3, 0.4) is 0 Å². The van der Waals surface area contributed by atoms with Gasteiger partial charge in [0.1, 0.15) is 5.82 Å². The Hall–Kier alpha value is -0.830. The number of nitrogens with zero attached hydrogens (tertiary/aromatic N) is 2. The molecule has 3 nitrogen and oxygen atoms in total. The normalized spacial score (nSPS) is 12.4. The topological polar surface area (TPSA) is 29.9 Å². The van der Waals surface area contributed by atoms with Gasteiger partial charge in [0.25, 0.3) is 0 Å². The van der Waals surface area contributed by atoms with E-state index in [4.69, 9.17) is 0 Å². The van der Waals surface area contributed by atoms with Crippen molar-refractivity contribution in [2.45, 2.75) is 40.7 Å². The van der Waals surface area contributed by atoms with Crippen LogP contribution < -0.4 is 5.32 Å². The molecule has 1 N–H and O–H groups in total. The van der Waals surface area contributed by atoms with Crippen molar-refractivity contribution in [3.8, 4) is 0 Å². The van der Waals surface area contributed by atoms with Gasteiger partial charge in [-0.3, -0.25) is 0 Å². The fourth-order valence-corrected chi connectivity index (χ4v) is 2.26. The van der Waals surface area contributed by atoms with E-state index in [0.29, 0.717) is 5.41 Å². The van der Waals surface area contributed by atoms with Gasteiger partial charge in [0.05, 0.1) is 6.54 Å². The zero-order chi connectivity index (χ0) is 12.2. The number of hydrogen-bond donors (Lipinski definition) is 1. The molecule has 3 heteroatoms. The summed E-state index contributed by atoms with van der Waals surface area (Å²) in [7, 11) is 2.03. The van der Waals surface area contributed by atoms with Crippen LogP contribution >= 0.6 is 0 Å². The van der Waals surface area contributed by atoms with Gasteiger partial charge in [0.15, 0.2) is 0 Å². The maximum absolute atomic E-state index is 4.30. The van der Waals surface area contributed by atoms with Gasteiger partial charge in [-0.2, -0.15) is 0 Å². The van der Waals surface area contributed by atoms with Crippen molar-refractivity contribution in [3.63, 3.8) is 0 Å². The van der Waals surface area contributed by atoms with Crippen LogP contribution in [0.2, 0.25) is 0 Å². The van der Waals surface area contributed by atoms with Gasteiger partial charge in [-0.1, -0.05) is 27.7 Å². The van der Waals surface area contributed by atoms with Gasteiger partial charge in [-0.05, 0) is 17.8 Å². The monoisotopic (exact) mass is 223 g/mol. The van der Waals surface area contributed by atoms with Crippen molar-refractivity contribution in [2.75, 3.05) is 6.54 Å². The quantitative estimate of drug-likeness (QED) is 0.803. The number of nitrogens with one attached hydrogen (secondary N) is 1. The zero-order valence-electron chi connectivity index (χ0n) is 11.2. The first-order chi connectivity index (χ1) is 7.41. The fourth-order valence-electron chi connectivity index (χ4n) is 2.26. The maximum atomic E-state index is 4.30. The Morgan fingerprint density at radius 3 is 2.62 bits per heavy atom. The van der Waals surface area contributed by atoms with Crippen molar-refractivity contribution >= 4 is 0 Å². The van der Waals surface area contributed by atoms with Crippen molar-refractivity contribution in [3.05, 3.63) is 18.2 Å². The summed E-state index contributed by atoms with van der Waals surface area (Å²) in [5.74, 6) is 1.85. The molecule has 0 saturated heterocycles. The van der Waals surface area contributed by atoms with Crippen molar-refractivity contribution in [2.24, 2.45) is 18.4 Å². The zero-order valence-corrected chi connectivity index (χ0v) is 11.2. The lowest BCUT2D eigenvalue weighted by Crippen LogP contribution is -2.30. The molecule has 0 fully saturated rings. The Kier molecular flexibility index (Phi) is 4.54. The molecule has 0 aliphatic rings. The van der Waals surface area contributed by atoms with Gasteiger partial charge >= 0.3 is 0 Å². The summed E-state index contributed by atoms with van der Waals surface area (Å²) in [5.41, 5.74) is 0.360. The van der Waals surface area contributed by atoms with E-state index in [2.05, 4.69) is 42.6 Å². The molecule has 1 heterocycles. The second kappa shape index (κ2) is 5.48. The standard InChI is InChI=1S/C13H25N3/c1-11(2)8-13(3,4)10-14-9-12-15-6-7-16(12)5/h6-7,11,14H,8-10H2,1-5H3. The molecule has 0 aromatic carbocycles. The number of rotatable bonds is 6. The Bertz CT molecular complexity index is 313. The van der Waals surface area contributed by atoms with Crippen LogP contribution in [0.25, 0.3) is 0 Å². The van der Waals surface area contributed by atoms with Crippen molar-refractivity contribution in [1.29, 1.82) is 0 Å². The van der Waals surface area contributed by atoms with Crippen molar-refractivity contribution < 1.29 is 0 Å². The Morgan fingerprint density at radius 1 is 1.44 bits per heavy atom. The van der Waals surface area contributed by atoms with E-state index in [0.717, 1.165) is 24.8 Å². The lowest BCUT2D eigenvalue weighted by atomic mass is 9.84. The van der Waals surface area contributed by atoms with E-state index in [1.54, 1.807) is 0 Å². The van der Waals surface area contributed by atoms with Crippen LogP contribution in [0.4, 0.5) is 0 Å². The van der Waals surface area contributed by atoms with E-state index in [1.807, 2.05) is 19.4 Å². The number of aryl methyl sites for hydroxylation is 1. The van der Waals surface area contributed by atoms with E-state index in [9.17, 15) is 0 Å². The molecule has 0 aliphatic carbocycles. The highest BCUT2D eigenvalue weighted by Gasteiger charge is 2.18. The average Bonchev–Trinajstić information content (AvgIpc) is 2.49. The van der Waals surface area contributed by atoms with Crippen LogP contribution in [0.5, 0.6) is 0 Å². The summed E-state index contributed by atoms with van der Waals surface area (Å²) in [6.07, 6.45) is 5.08. The molecular weight excluding hydrogens is 198 g/mol. The molecule has 0 saturated carbocycles. The van der Waals surface area contributed by atoms with Gasteiger partial charge in [-0.15, -0.1) is 0 Å². The largest absolute Gasteiger partial charge is 0.337 e. The van der Waals surface area contributed by atoms with E-state index < -0.39 is 0 Å². The summed E-state index contributed by atoms with van der Waals surface area (Å²) in [5, 5.41) is 3.49. The summed E-state index contributed by atoms with van der Waals surface area (Å²) in [4.78, 5) is 4.30. The predicted octanol–water partition coefficient (Wildman–Crippen LogP) is 2.58. The molecule has 0 unspecified atom stereocenters. The van der Waals surface area contributed by atoms with Gasteiger partial charge < -0.3 is 9.88 Å². The second-order valence-electron chi connectivity index (χ2n) is 5.82. The van der Waals surface area contributed by atoms with Crippen LogP contribution in [0.15, 0.2) is 12.4 Å². The molecule has 0 aliphatic heterocycles. The smallest absolute Gasteiger partial charge is 0.122 e. The van der Waals surface area contributed by atoms with Crippen LogP contribution in [-0.2, 0) is 13.6 Å². The molecule has 1 aromatic rings. The predicted molar refractivity (Wildman–Crippen MR) is 68.2 cm³/mol. The highest BCUT2D eigenvalue weighted by Crippen LogP contribution is 2.24. The minimum Gasteiger partial charge on any atom is -0.337 e. The highest BCUT2D eigenvalue weighted by molar-refractivity contribution is 4.90. The van der Waals surface area contributed by atoms with E-state index >= 15 is 0 Å². The summed E-state index contributed by atoms with van der Waals surface area (Å²) in [6, 6.07) is 0. The van der Waals surface area contributed by atoms with Crippen LogP contribution in [-0.4, -0.2) is 16.1 Å². The molecule has 1 rings (SSSR count). The summed E-state index contributed by atoms with van der Waals surface area (Å²) >= 11 is 0. The molecule has 16 heavy (non-hydrogen) atoms. The third kappa shape index (κ3) is 4.35. The van der Waals surface area contributed by atoms with Gasteiger partial charge in [0, 0.05) is 26.0 Å². The number of hydrogen-bond acceptors (Lipinski definition) is 2. The third-order valence-electron chi connectivity index (χ3n) is 2.77. The first-order valence-corrected chi connectivity index (χ1v) is 6.07. The molecule has 0 radical (unpaired) electrons. The first kappa shape index (κ1) is 13.2. The van der Waals surface area contributed by atoms with Crippen molar-refractivity contribution in [1.82, 2.24) is 14.9 Å². The number of aromatic nitrogens is 2. The minimum atomic E-state index is 0.360. The summed E-state index contributed by atoms with van der Waals surface area (Å²) < 4.78 is 2.06. The highest BCUT2D eigenvalue weighted by atomic mass is 15.1. The fraction of sp³-hybridized carbons (Fsp3) is 0.769. The second-order valence-corrected chi connectivity index (χ2v) is 5.82. The third-order valence-corrected chi connectivity index (χ3v) is 2.77. The first-order valence-electron chi connectivity index (χ1n) is 6.07. The number of imidazole rings is 1. The molecule has 1 aromatic heterocycles. The molecule has 92 valence electrons. The lowest BCUT2D eigenvalue weighted by molar-refractivity contribution is 0.271. The van der Waals surface area contributed by atoms with Crippen LogP contribution in [0.1, 0.15) is 39.9 Å². The lowest BCUT2D eigenvalue weighted by Gasteiger charge is -2.27.